The highest BCUT2D eigenvalue weighted by molar-refractivity contribution is 6.62. The van der Waals surface area contributed by atoms with E-state index in [2.05, 4.69) is 37.5 Å². The minimum absolute atomic E-state index is 0.317. The molecule has 0 radical (unpaired) electrons. The molecule has 1 aliphatic rings. The topological polar surface area (TPSA) is 54.7 Å². The molecule has 2 rings (SSSR count). The van der Waals surface area contributed by atoms with Gasteiger partial charge in [0.1, 0.15) is 0 Å². The van der Waals surface area contributed by atoms with Crippen LogP contribution in [0.4, 0.5) is 0 Å². The summed E-state index contributed by atoms with van der Waals surface area (Å²) in [5.41, 5.74) is 1.34. The normalized spacial score (nSPS) is 18.4. The molecular weight excluding hydrogens is 307 g/mol. The van der Waals surface area contributed by atoms with Crippen molar-refractivity contribution in [1.29, 1.82) is 0 Å². The van der Waals surface area contributed by atoms with Gasteiger partial charge in [-0.25, -0.2) is 0 Å². The SMILES string of the molecule is CCOC.COCCCn1cc(B2OC(C)(C)C(C)(C)O2)c(C)n1. The molecule has 0 saturated carbocycles. The third kappa shape index (κ3) is 5.31. The summed E-state index contributed by atoms with van der Waals surface area (Å²) >= 11 is 0. The Bertz CT molecular complexity index is 485. The van der Waals surface area contributed by atoms with Crippen LogP contribution in [0.5, 0.6) is 0 Å². The number of aromatic nitrogens is 2. The van der Waals surface area contributed by atoms with Gasteiger partial charge < -0.3 is 18.8 Å². The van der Waals surface area contributed by atoms with E-state index in [1.54, 1.807) is 14.2 Å². The van der Waals surface area contributed by atoms with Gasteiger partial charge in [-0.15, -0.1) is 0 Å². The third-order valence-corrected chi connectivity index (χ3v) is 4.52. The van der Waals surface area contributed by atoms with E-state index in [0.717, 1.165) is 37.3 Å². The predicted molar refractivity (Wildman–Crippen MR) is 96.7 cm³/mol. The fourth-order valence-electron chi connectivity index (χ4n) is 2.22. The van der Waals surface area contributed by atoms with Gasteiger partial charge in [0.25, 0.3) is 0 Å². The van der Waals surface area contributed by atoms with Crippen molar-refractivity contribution in [3.63, 3.8) is 0 Å². The second kappa shape index (κ2) is 8.99. The zero-order valence-corrected chi connectivity index (χ0v) is 16.5. The molecule has 0 atom stereocenters. The lowest BCUT2D eigenvalue weighted by Gasteiger charge is -2.32. The fourth-order valence-corrected chi connectivity index (χ4v) is 2.22. The summed E-state index contributed by atoms with van der Waals surface area (Å²) in [6, 6.07) is 0. The average Bonchev–Trinajstić information content (AvgIpc) is 2.96. The van der Waals surface area contributed by atoms with E-state index in [-0.39, 0.29) is 18.3 Å². The van der Waals surface area contributed by atoms with Crippen LogP contribution in [0, 0.1) is 6.92 Å². The van der Waals surface area contributed by atoms with Crippen molar-refractivity contribution in [3.05, 3.63) is 11.9 Å². The molecular formula is C17H33BN2O4. The van der Waals surface area contributed by atoms with E-state index in [1.807, 2.05) is 24.7 Å². The second-order valence-electron chi connectivity index (χ2n) is 6.94. The largest absolute Gasteiger partial charge is 0.498 e. The summed E-state index contributed by atoms with van der Waals surface area (Å²) in [4.78, 5) is 0. The van der Waals surface area contributed by atoms with Crippen LogP contribution in [-0.4, -0.2) is 55.5 Å². The number of ether oxygens (including phenoxy) is 2. The van der Waals surface area contributed by atoms with Crippen molar-refractivity contribution >= 4 is 12.6 Å². The van der Waals surface area contributed by atoms with Gasteiger partial charge in [0.2, 0.25) is 0 Å². The summed E-state index contributed by atoms with van der Waals surface area (Å²) in [5.74, 6) is 0. The number of rotatable bonds is 6. The maximum absolute atomic E-state index is 6.07. The monoisotopic (exact) mass is 340 g/mol. The van der Waals surface area contributed by atoms with E-state index in [1.165, 1.54) is 0 Å². The minimum Gasteiger partial charge on any atom is -0.399 e. The van der Waals surface area contributed by atoms with Crippen LogP contribution < -0.4 is 5.46 Å². The Hall–Kier alpha value is -0.885. The molecule has 2 heterocycles. The number of aryl methyl sites for hydroxylation is 2. The third-order valence-electron chi connectivity index (χ3n) is 4.52. The lowest BCUT2D eigenvalue weighted by molar-refractivity contribution is 0.00578. The molecule has 1 aromatic heterocycles. The minimum atomic E-state index is -0.337. The summed E-state index contributed by atoms with van der Waals surface area (Å²) in [5, 5.41) is 4.52. The predicted octanol–water partition coefficient (Wildman–Crippen LogP) is 2.18. The first-order chi connectivity index (χ1) is 11.2. The van der Waals surface area contributed by atoms with E-state index >= 15 is 0 Å². The molecule has 0 spiro atoms. The second-order valence-corrected chi connectivity index (χ2v) is 6.94. The van der Waals surface area contributed by atoms with Crippen molar-refractivity contribution in [2.75, 3.05) is 27.4 Å². The van der Waals surface area contributed by atoms with E-state index in [9.17, 15) is 0 Å². The average molecular weight is 340 g/mol. The molecule has 0 unspecified atom stereocenters. The molecule has 1 aromatic rings. The van der Waals surface area contributed by atoms with Crippen molar-refractivity contribution in [2.45, 2.75) is 65.7 Å². The first-order valence-corrected chi connectivity index (χ1v) is 8.56. The molecule has 138 valence electrons. The summed E-state index contributed by atoms with van der Waals surface area (Å²) in [6.45, 7) is 14.6. The number of methoxy groups -OCH3 is 2. The highest BCUT2D eigenvalue weighted by Crippen LogP contribution is 2.36. The Kier molecular flexibility index (Phi) is 7.93. The Morgan fingerprint density at radius 2 is 1.67 bits per heavy atom. The molecule has 0 aromatic carbocycles. The highest BCUT2D eigenvalue weighted by atomic mass is 16.7. The van der Waals surface area contributed by atoms with Crippen LogP contribution in [-0.2, 0) is 25.3 Å². The quantitative estimate of drug-likeness (QED) is 0.587. The Labute approximate surface area is 146 Å². The van der Waals surface area contributed by atoms with Gasteiger partial charge in [0, 0.05) is 45.6 Å². The Morgan fingerprint density at radius 1 is 1.12 bits per heavy atom. The van der Waals surface area contributed by atoms with Gasteiger partial charge in [-0.1, -0.05) is 0 Å². The van der Waals surface area contributed by atoms with E-state index < -0.39 is 0 Å². The molecule has 24 heavy (non-hydrogen) atoms. The standard InChI is InChI=1S/C14H25BN2O3.C3H8O/c1-11-12(10-17(16-11)8-7-9-18-6)15-19-13(2,3)14(4,5)20-15;1-3-4-2/h10H,7-9H2,1-6H3;3H2,1-2H3. The van der Waals surface area contributed by atoms with Gasteiger partial charge in [0.05, 0.1) is 16.9 Å². The van der Waals surface area contributed by atoms with Crippen LogP contribution >= 0.6 is 0 Å². The Balaban J connectivity index is 0.000000648. The molecule has 1 fully saturated rings. The van der Waals surface area contributed by atoms with Crippen molar-refractivity contribution in [1.82, 2.24) is 9.78 Å². The maximum atomic E-state index is 6.07. The number of nitrogens with zero attached hydrogens (tertiary/aromatic N) is 2. The molecule has 0 amide bonds. The van der Waals surface area contributed by atoms with Crippen molar-refractivity contribution in [3.8, 4) is 0 Å². The summed E-state index contributed by atoms with van der Waals surface area (Å²) in [7, 11) is 3.06. The van der Waals surface area contributed by atoms with E-state index in [0.29, 0.717) is 0 Å². The maximum Gasteiger partial charge on any atom is 0.498 e. The van der Waals surface area contributed by atoms with Crippen LogP contribution in [0.1, 0.15) is 46.7 Å². The van der Waals surface area contributed by atoms with Crippen LogP contribution in [0.3, 0.4) is 0 Å². The summed E-state index contributed by atoms with van der Waals surface area (Å²) < 4.78 is 23.7. The smallest absolute Gasteiger partial charge is 0.399 e. The zero-order valence-electron chi connectivity index (χ0n) is 16.5. The summed E-state index contributed by atoms with van der Waals surface area (Å²) in [6.07, 6.45) is 2.97. The fraction of sp³-hybridized carbons (Fsp3) is 0.824. The van der Waals surface area contributed by atoms with Crippen LogP contribution in [0.25, 0.3) is 0 Å². The molecule has 0 N–H and O–H groups in total. The molecule has 7 heteroatoms. The Morgan fingerprint density at radius 3 is 2.12 bits per heavy atom. The first-order valence-electron chi connectivity index (χ1n) is 8.56. The molecule has 1 saturated heterocycles. The number of hydrogen-bond donors (Lipinski definition) is 0. The van der Waals surface area contributed by atoms with Crippen LogP contribution in [0.15, 0.2) is 6.20 Å². The highest BCUT2D eigenvalue weighted by Gasteiger charge is 2.52. The molecule has 0 bridgehead atoms. The molecule has 1 aliphatic heterocycles. The lowest BCUT2D eigenvalue weighted by Crippen LogP contribution is -2.41. The lowest BCUT2D eigenvalue weighted by atomic mass is 9.79. The van der Waals surface area contributed by atoms with E-state index in [4.69, 9.17) is 14.0 Å². The van der Waals surface area contributed by atoms with Gasteiger partial charge >= 0.3 is 7.12 Å². The first kappa shape index (κ1) is 21.2. The van der Waals surface area contributed by atoms with Crippen LogP contribution in [0.2, 0.25) is 0 Å². The van der Waals surface area contributed by atoms with Gasteiger partial charge in [0.15, 0.2) is 0 Å². The zero-order chi connectivity index (χ0) is 18.4. The van der Waals surface area contributed by atoms with Crippen molar-refractivity contribution < 1.29 is 18.8 Å². The van der Waals surface area contributed by atoms with Gasteiger partial charge in [-0.05, 0) is 48.0 Å². The molecule has 0 aliphatic carbocycles. The van der Waals surface area contributed by atoms with Gasteiger partial charge in [-0.3, -0.25) is 4.68 Å². The molecule has 6 nitrogen and oxygen atoms in total. The number of hydrogen-bond acceptors (Lipinski definition) is 5. The van der Waals surface area contributed by atoms with Crippen molar-refractivity contribution in [2.24, 2.45) is 0 Å². The van der Waals surface area contributed by atoms with Gasteiger partial charge in [-0.2, -0.15) is 5.10 Å².